The number of rotatable bonds is 1. The molecule has 1 atom stereocenters. The average Bonchev–Trinajstić information content (AvgIpc) is 2.14. The quantitative estimate of drug-likeness (QED) is 0.204. The topological polar surface area (TPSA) is 47.9 Å². The van der Waals surface area contributed by atoms with Gasteiger partial charge in [-0.3, -0.25) is 4.99 Å². The summed E-state index contributed by atoms with van der Waals surface area (Å²) < 4.78 is 5.72. The monoisotopic (exact) mass is 298 g/mol. The molecule has 0 N–H and O–H groups in total. The maximum atomic E-state index is 11.5. The minimum absolute atomic E-state index is 0. The van der Waals surface area contributed by atoms with Crippen LogP contribution in [0.4, 0.5) is 0 Å². The molecule has 0 unspecified atom stereocenters. The van der Waals surface area contributed by atoms with Crippen LogP contribution in [0.15, 0.2) is 4.99 Å². The Morgan fingerprint density at radius 3 is 2.61 bits per heavy atom. The maximum Gasteiger partial charge on any atom is 1.00 e. The summed E-state index contributed by atoms with van der Waals surface area (Å²) in [5, 5.41) is 11.5. The Labute approximate surface area is 142 Å². The molecular weight excluding hydrogens is 279 g/mol. The maximum absolute atomic E-state index is 11.5. The summed E-state index contributed by atoms with van der Waals surface area (Å²) in [6.45, 7) is 7.04. The molecule has 0 amide bonds. The SMILES string of the molecule is CC(C)(C)OC([O-])=N[C@H]1CCCN(C(=S)S)C1.[Na+]. The van der Waals surface area contributed by atoms with Crippen molar-refractivity contribution in [3.05, 3.63) is 0 Å². The van der Waals surface area contributed by atoms with Crippen molar-refractivity contribution >= 4 is 35.3 Å². The number of hydrogen-bond donors (Lipinski definition) is 1. The number of thiocarbonyl (C=S) groups is 1. The predicted octanol–water partition coefficient (Wildman–Crippen LogP) is -1.80. The van der Waals surface area contributed by atoms with E-state index in [1.807, 2.05) is 25.7 Å². The number of aliphatic imine (C=N–C) groups is 1. The molecule has 7 heteroatoms. The molecule has 0 saturated carbocycles. The third-order valence-corrected chi connectivity index (χ3v) is 2.89. The number of ether oxygens (including phenoxy) is 1. The molecule has 0 aliphatic carbocycles. The summed E-state index contributed by atoms with van der Waals surface area (Å²) in [7, 11) is 0. The van der Waals surface area contributed by atoms with Gasteiger partial charge >= 0.3 is 29.6 Å². The first kappa shape index (κ1) is 18.5. The van der Waals surface area contributed by atoms with Gasteiger partial charge in [0.2, 0.25) is 0 Å². The summed E-state index contributed by atoms with van der Waals surface area (Å²) >= 11 is 9.14. The fraction of sp³-hybridized carbons (Fsp3) is 0.818. The van der Waals surface area contributed by atoms with E-state index < -0.39 is 11.7 Å². The van der Waals surface area contributed by atoms with Gasteiger partial charge in [-0.1, -0.05) is 33.0 Å². The van der Waals surface area contributed by atoms with Crippen molar-refractivity contribution < 1.29 is 39.4 Å². The first-order valence-corrected chi connectivity index (χ1v) is 6.55. The zero-order chi connectivity index (χ0) is 13.1. The molecule has 1 aliphatic rings. The molecule has 1 heterocycles. The van der Waals surface area contributed by atoms with E-state index in [4.69, 9.17) is 17.0 Å². The summed E-state index contributed by atoms with van der Waals surface area (Å²) in [6.07, 6.45) is 1.37. The largest absolute Gasteiger partial charge is 1.00 e. The predicted molar refractivity (Wildman–Crippen MR) is 74.5 cm³/mol. The Morgan fingerprint density at radius 1 is 1.50 bits per heavy atom. The van der Waals surface area contributed by atoms with Gasteiger partial charge in [-0.25, -0.2) is 0 Å². The molecule has 1 rings (SSSR count). The van der Waals surface area contributed by atoms with Gasteiger partial charge in [0.25, 0.3) is 0 Å². The first-order valence-electron chi connectivity index (χ1n) is 5.69. The zero-order valence-corrected chi connectivity index (χ0v) is 15.2. The molecule has 98 valence electrons. The Bertz CT molecular complexity index is 319. The van der Waals surface area contributed by atoms with Gasteiger partial charge in [0, 0.05) is 18.7 Å². The van der Waals surface area contributed by atoms with Crippen LogP contribution in [-0.2, 0) is 4.74 Å². The number of piperidine rings is 1. The molecule has 0 bridgehead atoms. The molecule has 18 heavy (non-hydrogen) atoms. The van der Waals surface area contributed by atoms with Crippen molar-refractivity contribution in [3.8, 4) is 0 Å². The van der Waals surface area contributed by atoms with E-state index in [9.17, 15) is 5.11 Å². The second kappa shape index (κ2) is 7.94. The number of thiol groups is 1. The van der Waals surface area contributed by atoms with Crippen LogP contribution in [-0.4, -0.2) is 40.0 Å². The average molecular weight is 298 g/mol. The van der Waals surface area contributed by atoms with Crippen LogP contribution >= 0.6 is 24.8 Å². The Balaban J connectivity index is 0.00000289. The molecule has 1 fully saturated rings. The van der Waals surface area contributed by atoms with Gasteiger partial charge in [-0.2, -0.15) is 0 Å². The molecule has 1 saturated heterocycles. The Kier molecular flexibility index (Phi) is 8.17. The van der Waals surface area contributed by atoms with E-state index in [1.165, 1.54) is 0 Å². The third kappa shape index (κ3) is 7.19. The summed E-state index contributed by atoms with van der Waals surface area (Å²) in [6, 6.07) is -0.0382. The van der Waals surface area contributed by atoms with E-state index in [1.54, 1.807) is 0 Å². The van der Waals surface area contributed by atoms with Crippen LogP contribution in [0.25, 0.3) is 0 Å². The van der Waals surface area contributed by atoms with Crippen LogP contribution in [0.1, 0.15) is 33.6 Å². The summed E-state index contributed by atoms with van der Waals surface area (Å²) in [5.41, 5.74) is -0.492. The van der Waals surface area contributed by atoms with Crippen molar-refractivity contribution in [2.75, 3.05) is 13.1 Å². The molecule has 1 aliphatic heterocycles. The van der Waals surface area contributed by atoms with Crippen molar-refractivity contribution in [1.82, 2.24) is 4.90 Å². The molecule has 4 nitrogen and oxygen atoms in total. The van der Waals surface area contributed by atoms with Crippen LogP contribution in [0, 0.1) is 0 Å². The molecule has 0 aromatic carbocycles. The van der Waals surface area contributed by atoms with Crippen LogP contribution < -0.4 is 34.7 Å². The number of likely N-dealkylation sites (tertiary alicyclic amines) is 1. The molecule has 0 aromatic rings. The first-order chi connectivity index (χ1) is 7.78. The van der Waals surface area contributed by atoms with Crippen molar-refractivity contribution in [2.24, 2.45) is 4.99 Å². The van der Waals surface area contributed by atoms with Crippen molar-refractivity contribution in [2.45, 2.75) is 45.3 Å². The van der Waals surface area contributed by atoms with Gasteiger partial charge in [0.1, 0.15) is 10.4 Å². The van der Waals surface area contributed by atoms with Gasteiger partial charge in [0.05, 0.1) is 6.04 Å². The molecule has 0 aromatic heterocycles. The minimum Gasteiger partial charge on any atom is -0.595 e. The fourth-order valence-electron chi connectivity index (χ4n) is 1.67. The molecular formula is C11H19N2NaO2S2. The van der Waals surface area contributed by atoms with Gasteiger partial charge in [0.15, 0.2) is 0 Å². The van der Waals surface area contributed by atoms with E-state index >= 15 is 0 Å². The Morgan fingerprint density at radius 2 is 2.11 bits per heavy atom. The van der Waals surface area contributed by atoms with E-state index in [0.29, 0.717) is 10.9 Å². The van der Waals surface area contributed by atoms with Crippen molar-refractivity contribution in [3.63, 3.8) is 0 Å². The Hall–Kier alpha value is 0.510. The summed E-state index contributed by atoms with van der Waals surface area (Å²) in [5.74, 6) is 0. The van der Waals surface area contributed by atoms with Gasteiger partial charge in [-0.15, -0.1) is 12.6 Å². The van der Waals surface area contributed by atoms with Gasteiger partial charge in [-0.05, 0) is 12.8 Å². The standard InChI is InChI=1S/C11H20N2O2S2.Na/c1-11(2,3)15-9(14)12-8-5-4-6-13(7-8)10(16)17;/h8H,4-7H2,1-3H3,(H,12,14)(H,16,17);/q;+1/p-1/t8-;/m0./s1. The normalized spacial score (nSPS) is 21.2. The molecule has 0 radical (unpaired) electrons. The van der Waals surface area contributed by atoms with Crippen LogP contribution in [0.2, 0.25) is 0 Å². The second-order valence-electron chi connectivity index (χ2n) is 5.13. The smallest absolute Gasteiger partial charge is 0.595 e. The number of nitrogens with zero attached hydrogens (tertiary/aromatic N) is 2. The molecule has 0 spiro atoms. The zero-order valence-electron chi connectivity index (χ0n) is 11.5. The van der Waals surface area contributed by atoms with Crippen molar-refractivity contribution in [1.29, 1.82) is 0 Å². The second-order valence-corrected chi connectivity index (χ2v) is 6.25. The fourth-order valence-corrected chi connectivity index (χ4v) is 2.02. The minimum atomic E-state index is -0.492. The number of hydrogen-bond acceptors (Lipinski definition) is 4. The van der Waals surface area contributed by atoms with E-state index in [-0.39, 0.29) is 35.6 Å². The van der Waals surface area contributed by atoms with E-state index in [2.05, 4.69) is 17.6 Å². The van der Waals surface area contributed by atoms with Crippen LogP contribution in [0.5, 0.6) is 0 Å². The third-order valence-electron chi connectivity index (χ3n) is 2.35. The summed E-state index contributed by atoms with van der Waals surface area (Å²) in [4.78, 5) is 6.02. The van der Waals surface area contributed by atoms with Crippen LogP contribution in [0.3, 0.4) is 0 Å². The van der Waals surface area contributed by atoms with Gasteiger partial charge < -0.3 is 14.7 Å². The van der Waals surface area contributed by atoms with E-state index in [0.717, 1.165) is 19.4 Å².